The molecule has 0 aliphatic carbocycles. The van der Waals surface area contributed by atoms with Gasteiger partial charge in [-0.1, -0.05) is 13.8 Å². The molecule has 10 heteroatoms. The third-order valence-corrected chi connectivity index (χ3v) is 4.74. The van der Waals surface area contributed by atoms with Crippen molar-refractivity contribution in [1.82, 2.24) is 9.80 Å². The lowest BCUT2D eigenvalue weighted by atomic mass is 9.69. The van der Waals surface area contributed by atoms with Gasteiger partial charge in [0.2, 0.25) is 0 Å². The molecule has 0 unspecified atom stereocenters. The molecule has 172 valence electrons. The van der Waals surface area contributed by atoms with Crippen LogP contribution in [0.2, 0.25) is 0 Å². The minimum absolute atomic E-state index is 0.0434. The van der Waals surface area contributed by atoms with Crippen LogP contribution in [0.5, 0.6) is 0 Å². The summed E-state index contributed by atoms with van der Waals surface area (Å²) < 4.78 is 0. The molecule has 2 fully saturated rings. The second-order valence-corrected chi connectivity index (χ2v) is 7.31. The molecule has 0 bridgehead atoms. The number of Topliss-reactive ketones (excluding diaryl/α,β-unsaturated/α-hetero) is 4. The third-order valence-electron chi connectivity index (χ3n) is 4.74. The van der Waals surface area contributed by atoms with Crippen molar-refractivity contribution in [3.8, 4) is 0 Å². The topological polar surface area (TPSA) is 143 Å². The molecule has 0 N–H and O–H groups in total. The lowest BCUT2D eigenvalue weighted by molar-refractivity contribution is -0.197. The zero-order valence-corrected chi connectivity index (χ0v) is 18.9. The van der Waals surface area contributed by atoms with E-state index < -0.39 is 29.0 Å². The highest BCUT2D eigenvalue weighted by Crippen LogP contribution is 2.42. The summed E-state index contributed by atoms with van der Waals surface area (Å²) in [4.78, 5) is 88.0. The predicted molar refractivity (Wildman–Crippen MR) is 108 cm³/mol. The van der Waals surface area contributed by atoms with Crippen molar-refractivity contribution in [2.24, 2.45) is 5.41 Å². The van der Waals surface area contributed by atoms with Crippen molar-refractivity contribution in [2.75, 3.05) is 14.1 Å². The van der Waals surface area contributed by atoms with E-state index in [0.717, 1.165) is 9.80 Å². The summed E-state index contributed by atoms with van der Waals surface area (Å²) >= 11 is 0. The summed E-state index contributed by atoms with van der Waals surface area (Å²) in [6.45, 7) is 6.62. The molecule has 0 aromatic carbocycles. The van der Waals surface area contributed by atoms with Gasteiger partial charge in [-0.2, -0.15) is 0 Å². The van der Waals surface area contributed by atoms with Crippen molar-refractivity contribution >= 4 is 46.8 Å². The smallest absolute Gasteiger partial charge is 0.284 e. The number of rotatable bonds is 8. The van der Waals surface area contributed by atoms with Crippen LogP contribution in [0.15, 0.2) is 0 Å². The Hall–Kier alpha value is -3.04. The minimum Gasteiger partial charge on any atom is -0.300 e. The van der Waals surface area contributed by atoms with Gasteiger partial charge >= 0.3 is 0 Å². The minimum atomic E-state index is -1.98. The van der Waals surface area contributed by atoms with Gasteiger partial charge in [0, 0.05) is 39.8 Å². The molecule has 31 heavy (non-hydrogen) atoms. The number of carbonyl (C=O) groups is 8. The highest BCUT2D eigenvalue weighted by atomic mass is 16.2. The van der Waals surface area contributed by atoms with Crippen LogP contribution in [0, 0.1) is 5.41 Å². The van der Waals surface area contributed by atoms with E-state index in [0.29, 0.717) is 32.1 Å². The largest absolute Gasteiger partial charge is 0.300 e. The Labute approximate surface area is 181 Å². The molecule has 0 aromatic rings. The van der Waals surface area contributed by atoms with E-state index in [2.05, 4.69) is 0 Å². The fraction of sp³-hybridized carbons (Fsp3) is 0.619. The normalized spacial score (nSPS) is 15.8. The van der Waals surface area contributed by atoms with Crippen LogP contribution in [0.25, 0.3) is 0 Å². The standard InChI is InChI=1S/C7H6N2O4.2C7H12O2/c1-8-3(10)7(4(8)11)5(12)9(2)6(7)13;1-6(8)4-3-5-7(2)9;1-3-6(8)5-7(9)4-2/h1-2H3;2*3-5H2,1-2H3. The maximum Gasteiger partial charge on any atom is 0.284 e. The average Bonchev–Trinajstić information content (AvgIpc) is 2.73. The monoisotopic (exact) mass is 438 g/mol. The number of amides is 4. The van der Waals surface area contributed by atoms with E-state index in [1.807, 2.05) is 0 Å². The Kier molecular flexibility index (Phi) is 10.8. The summed E-state index contributed by atoms with van der Waals surface area (Å²) in [7, 11) is 2.49. The van der Waals surface area contributed by atoms with Gasteiger partial charge in [-0.25, -0.2) is 0 Å². The van der Waals surface area contributed by atoms with Gasteiger partial charge in [0.25, 0.3) is 29.0 Å². The molecule has 0 aromatic heterocycles. The number of hydrogen-bond donors (Lipinski definition) is 0. The van der Waals surface area contributed by atoms with Crippen molar-refractivity contribution in [2.45, 2.75) is 66.2 Å². The van der Waals surface area contributed by atoms with Crippen LogP contribution in [0.4, 0.5) is 0 Å². The Morgan fingerprint density at radius 3 is 1.19 bits per heavy atom. The number of β-lactam (4-membered cyclic amide) rings is 4. The van der Waals surface area contributed by atoms with Crippen LogP contribution >= 0.6 is 0 Å². The van der Waals surface area contributed by atoms with Gasteiger partial charge in [0.1, 0.15) is 23.1 Å². The Balaban J connectivity index is 0.000000452. The lowest BCUT2D eigenvalue weighted by Gasteiger charge is -2.50. The molecule has 4 amide bonds. The Bertz CT molecular complexity index is 700. The van der Waals surface area contributed by atoms with Crippen molar-refractivity contribution in [3.63, 3.8) is 0 Å². The van der Waals surface area contributed by atoms with E-state index in [1.165, 1.54) is 14.1 Å². The lowest BCUT2D eigenvalue weighted by Crippen LogP contribution is -2.82. The highest BCUT2D eigenvalue weighted by Gasteiger charge is 2.78. The second kappa shape index (κ2) is 12.0. The first-order valence-corrected chi connectivity index (χ1v) is 9.96. The molecular formula is C21H30N2O8. The van der Waals surface area contributed by atoms with E-state index >= 15 is 0 Å². The van der Waals surface area contributed by atoms with Crippen LogP contribution in [0.3, 0.4) is 0 Å². The van der Waals surface area contributed by atoms with Crippen LogP contribution in [-0.4, -0.2) is 70.7 Å². The van der Waals surface area contributed by atoms with E-state index in [9.17, 15) is 38.4 Å². The van der Waals surface area contributed by atoms with Gasteiger partial charge < -0.3 is 9.59 Å². The number of imide groups is 2. The molecule has 0 atom stereocenters. The molecule has 2 aliphatic heterocycles. The zero-order chi connectivity index (χ0) is 24.5. The van der Waals surface area contributed by atoms with Crippen LogP contribution < -0.4 is 0 Å². The van der Waals surface area contributed by atoms with Crippen molar-refractivity contribution in [3.05, 3.63) is 0 Å². The zero-order valence-electron chi connectivity index (χ0n) is 18.9. The molecule has 2 aliphatic rings. The summed E-state index contributed by atoms with van der Waals surface area (Å²) in [6, 6.07) is 0. The van der Waals surface area contributed by atoms with Gasteiger partial charge in [-0.05, 0) is 20.3 Å². The SMILES string of the molecule is CC(=O)CCCC(C)=O.CCC(=O)CC(=O)CC.CN1C(=O)C2(C1=O)C(=O)N(C)C2=O. The first kappa shape index (κ1) is 28.0. The summed E-state index contributed by atoms with van der Waals surface area (Å²) in [5.74, 6) is -2.45. The molecule has 2 heterocycles. The average molecular weight is 438 g/mol. The van der Waals surface area contributed by atoms with E-state index in [4.69, 9.17) is 0 Å². The second-order valence-electron chi connectivity index (χ2n) is 7.31. The number of nitrogens with zero attached hydrogens (tertiary/aromatic N) is 2. The predicted octanol–water partition coefficient (Wildman–Crippen LogP) is 0.639. The first-order valence-electron chi connectivity index (χ1n) is 9.96. The quantitative estimate of drug-likeness (QED) is 0.397. The molecule has 10 nitrogen and oxygen atoms in total. The molecule has 0 radical (unpaired) electrons. The van der Waals surface area contributed by atoms with Gasteiger partial charge in [0.05, 0.1) is 6.42 Å². The molecule has 2 rings (SSSR count). The first-order chi connectivity index (χ1) is 14.3. The van der Waals surface area contributed by atoms with Crippen LogP contribution in [-0.2, 0) is 38.4 Å². The number of likely N-dealkylation sites (tertiary alicyclic amines) is 2. The maximum atomic E-state index is 11.2. The van der Waals surface area contributed by atoms with Crippen molar-refractivity contribution in [1.29, 1.82) is 0 Å². The molecule has 1 spiro atoms. The molecular weight excluding hydrogens is 408 g/mol. The van der Waals surface area contributed by atoms with E-state index in [1.54, 1.807) is 27.7 Å². The Morgan fingerprint density at radius 2 is 0.968 bits per heavy atom. The van der Waals surface area contributed by atoms with Crippen molar-refractivity contribution < 1.29 is 38.4 Å². The third kappa shape index (κ3) is 6.47. The Morgan fingerprint density at radius 1 is 0.677 bits per heavy atom. The number of ketones is 4. The fourth-order valence-electron chi connectivity index (χ4n) is 2.69. The summed E-state index contributed by atoms with van der Waals surface area (Å²) in [5.41, 5.74) is -1.98. The maximum absolute atomic E-state index is 11.2. The van der Waals surface area contributed by atoms with Gasteiger partial charge in [0.15, 0.2) is 0 Å². The number of hydrogen-bond acceptors (Lipinski definition) is 8. The summed E-state index contributed by atoms with van der Waals surface area (Å²) in [6.07, 6.45) is 2.88. The summed E-state index contributed by atoms with van der Waals surface area (Å²) in [5, 5.41) is 0. The van der Waals surface area contributed by atoms with Gasteiger partial charge in [-0.3, -0.25) is 38.6 Å². The molecule has 2 saturated heterocycles. The van der Waals surface area contributed by atoms with Gasteiger partial charge in [-0.15, -0.1) is 0 Å². The fourth-order valence-corrected chi connectivity index (χ4v) is 2.69. The molecule has 0 saturated carbocycles. The van der Waals surface area contributed by atoms with Crippen LogP contribution in [0.1, 0.15) is 66.2 Å². The number of carbonyl (C=O) groups excluding carboxylic acids is 8. The highest BCUT2D eigenvalue weighted by molar-refractivity contribution is 6.52. The van der Waals surface area contributed by atoms with E-state index in [-0.39, 0.29) is 29.6 Å².